The molecule has 0 aliphatic carbocycles. The molecule has 6 heteroatoms. The van der Waals surface area contributed by atoms with Crippen LogP contribution in [0.4, 0.5) is 0 Å². The Morgan fingerprint density at radius 2 is 2.17 bits per heavy atom. The highest BCUT2D eigenvalue weighted by atomic mass is 16.6. The first kappa shape index (κ1) is 15.5. The average molecular weight is 326 g/mol. The van der Waals surface area contributed by atoms with Gasteiger partial charge in [-0.15, -0.1) is 0 Å². The molecule has 0 aromatic carbocycles. The smallest absolute Gasteiger partial charge is 0.316 e. The standard InChI is InChI=1S/C18H22N4O2/c1-4-15(11-19-6-1)12-22-9-2-5-18(14-22)10-16(13-23-18)24-17-20-7-3-8-21-17/h1,3-4,6-8,11,16H,2,5,9-10,12-14H2/t16-,18-/m1/s1. The summed E-state index contributed by atoms with van der Waals surface area (Å²) >= 11 is 0. The normalized spacial score (nSPS) is 27.4. The number of nitrogens with zero attached hydrogens (tertiary/aromatic N) is 4. The van der Waals surface area contributed by atoms with Gasteiger partial charge in [-0.3, -0.25) is 9.88 Å². The van der Waals surface area contributed by atoms with Gasteiger partial charge in [0.15, 0.2) is 0 Å². The van der Waals surface area contributed by atoms with Crippen LogP contribution < -0.4 is 4.74 Å². The van der Waals surface area contributed by atoms with E-state index in [9.17, 15) is 0 Å². The number of hydrogen-bond acceptors (Lipinski definition) is 6. The van der Waals surface area contributed by atoms with E-state index in [2.05, 4.69) is 25.9 Å². The Morgan fingerprint density at radius 3 is 3.00 bits per heavy atom. The summed E-state index contributed by atoms with van der Waals surface area (Å²) in [5, 5.41) is 0. The van der Waals surface area contributed by atoms with Gasteiger partial charge in [-0.05, 0) is 37.1 Å². The third kappa shape index (κ3) is 3.55. The maximum atomic E-state index is 6.20. The zero-order valence-corrected chi connectivity index (χ0v) is 13.7. The topological polar surface area (TPSA) is 60.4 Å². The molecule has 24 heavy (non-hydrogen) atoms. The zero-order chi connectivity index (χ0) is 16.2. The molecule has 2 fully saturated rings. The molecule has 1 spiro atoms. The lowest BCUT2D eigenvalue weighted by Crippen LogP contribution is -2.47. The van der Waals surface area contributed by atoms with E-state index in [4.69, 9.17) is 9.47 Å². The number of ether oxygens (including phenoxy) is 2. The second kappa shape index (κ2) is 6.83. The largest absolute Gasteiger partial charge is 0.458 e. The summed E-state index contributed by atoms with van der Waals surface area (Å²) in [6, 6.07) is 6.34. The number of pyridine rings is 1. The first-order valence-electron chi connectivity index (χ1n) is 8.50. The minimum Gasteiger partial charge on any atom is -0.458 e. The van der Waals surface area contributed by atoms with Crippen LogP contribution in [0.5, 0.6) is 6.01 Å². The molecule has 0 radical (unpaired) electrons. The zero-order valence-electron chi connectivity index (χ0n) is 13.7. The van der Waals surface area contributed by atoms with E-state index in [-0.39, 0.29) is 11.7 Å². The Bertz CT molecular complexity index is 655. The van der Waals surface area contributed by atoms with Crippen molar-refractivity contribution >= 4 is 0 Å². The fraction of sp³-hybridized carbons (Fsp3) is 0.500. The molecular formula is C18H22N4O2. The van der Waals surface area contributed by atoms with Gasteiger partial charge in [-0.1, -0.05) is 6.07 Å². The van der Waals surface area contributed by atoms with Crippen molar-refractivity contribution in [2.45, 2.75) is 37.5 Å². The van der Waals surface area contributed by atoms with Gasteiger partial charge in [-0.2, -0.15) is 0 Å². The summed E-state index contributed by atoms with van der Waals surface area (Å²) in [6.07, 6.45) is 10.3. The highest BCUT2D eigenvalue weighted by molar-refractivity contribution is 5.09. The van der Waals surface area contributed by atoms with Crippen LogP contribution in [0.2, 0.25) is 0 Å². The van der Waals surface area contributed by atoms with Gasteiger partial charge in [0, 0.05) is 44.3 Å². The molecule has 4 rings (SSSR count). The summed E-state index contributed by atoms with van der Waals surface area (Å²) in [6.45, 7) is 3.58. The van der Waals surface area contributed by atoms with E-state index in [1.54, 1.807) is 18.5 Å². The number of likely N-dealkylation sites (tertiary alicyclic amines) is 1. The van der Waals surface area contributed by atoms with Crippen molar-refractivity contribution < 1.29 is 9.47 Å². The van der Waals surface area contributed by atoms with Crippen LogP contribution in [0.1, 0.15) is 24.8 Å². The predicted molar refractivity (Wildman–Crippen MR) is 88.5 cm³/mol. The molecule has 6 nitrogen and oxygen atoms in total. The van der Waals surface area contributed by atoms with Gasteiger partial charge in [0.2, 0.25) is 0 Å². The van der Waals surface area contributed by atoms with Gasteiger partial charge >= 0.3 is 6.01 Å². The van der Waals surface area contributed by atoms with Crippen molar-refractivity contribution in [2.75, 3.05) is 19.7 Å². The molecule has 126 valence electrons. The minimum atomic E-state index is -0.0973. The second-order valence-electron chi connectivity index (χ2n) is 6.64. The molecule has 2 aliphatic heterocycles. The minimum absolute atomic E-state index is 0.0331. The Morgan fingerprint density at radius 1 is 1.25 bits per heavy atom. The summed E-state index contributed by atoms with van der Waals surface area (Å²) < 4.78 is 12.1. The van der Waals surface area contributed by atoms with E-state index in [1.165, 1.54) is 5.56 Å². The van der Waals surface area contributed by atoms with E-state index in [1.807, 2.05) is 18.5 Å². The van der Waals surface area contributed by atoms with E-state index in [0.717, 1.165) is 38.9 Å². The maximum absolute atomic E-state index is 6.20. The monoisotopic (exact) mass is 326 g/mol. The molecule has 2 aromatic heterocycles. The molecule has 0 N–H and O–H groups in total. The van der Waals surface area contributed by atoms with Gasteiger partial charge in [0.05, 0.1) is 12.2 Å². The second-order valence-corrected chi connectivity index (χ2v) is 6.64. The summed E-state index contributed by atoms with van der Waals surface area (Å²) in [4.78, 5) is 14.9. The predicted octanol–water partition coefficient (Wildman–Crippen LogP) is 2.07. The van der Waals surface area contributed by atoms with Crippen LogP contribution in [-0.4, -0.2) is 51.3 Å². The SMILES string of the molecule is c1cnc(O[C@H]2CO[C@]3(CCCN(Cc4cccnc4)C3)C2)nc1. The van der Waals surface area contributed by atoms with Crippen LogP contribution in [0.25, 0.3) is 0 Å². The highest BCUT2D eigenvalue weighted by Crippen LogP contribution is 2.36. The molecule has 0 saturated carbocycles. The fourth-order valence-corrected chi connectivity index (χ4v) is 3.73. The van der Waals surface area contributed by atoms with Gasteiger partial charge < -0.3 is 9.47 Å². The Hall–Kier alpha value is -2.05. The van der Waals surface area contributed by atoms with Crippen molar-refractivity contribution in [2.24, 2.45) is 0 Å². The van der Waals surface area contributed by atoms with E-state index < -0.39 is 0 Å². The Kier molecular flexibility index (Phi) is 4.40. The Balaban J connectivity index is 1.37. The quantitative estimate of drug-likeness (QED) is 0.857. The molecule has 0 bridgehead atoms. The lowest BCUT2D eigenvalue weighted by molar-refractivity contribution is -0.0538. The Labute approximate surface area is 141 Å². The summed E-state index contributed by atoms with van der Waals surface area (Å²) in [5.74, 6) is 0. The fourth-order valence-electron chi connectivity index (χ4n) is 3.73. The maximum Gasteiger partial charge on any atom is 0.316 e. The third-order valence-electron chi connectivity index (χ3n) is 4.74. The van der Waals surface area contributed by atoms with Crippen molar-refractivity contribution in [1.29, 1.82) is 0 Å². The highest BCUT2D eigenvalue weighted by Gasteiger charge is 2.44. The van der Waals surface area contributed by atoms with Crippen molar-refractivity contribution in [3.63, 3.8) is 0 Å². The first-order valence-corrected chi connectivity index (χ1v) is 8.50. The van der Waals surface area contributed by atoms with Gasteiger partial charge in [0.1, 0.15) is 6.10 Å². The number of aromatic nitrogens is 3. The summed E-state index contributed by atoms with van der Waals surface area (Å²) in [7, 11) is 0. The number of hydrogen-bond donors (Lipinski definition) is 0. The van der Waals surface area contributed by atoms with Gasteiger partial charge in [-0.25, -0.2) is 9.97 Å². The lowest BCUT2D eigenvalue weighted by Gasteiger charge is -2.39. The average Bonchev–Trinajstić information content (AvgIpc) is 2.98. The van der Waals surface area contributed by atoms with Crippen LogP contribution in [0.15, 0.2) is 43.0 Å². The number of piperidine rings is 1. The van der Waals surface area contributed by atoms with Gasteiger partial charge in [0.25, 0.3) is 0 Å². The lowest BCUT2D eigenvalue weighted by atomic mass is 9.89. The molecule has 4 heterocycles. The summed E-state index contributed by atoms with van der Waals surface area (Å²) in [5.41, 5.74) is 1.15. The molecule has 0 amide bonds. The van der Waals surface area contributed by atoms with E-state index in [0.29, 0.717) is 12.6 Å². The molecule has 2 aliphatic rings. The number of rotatable bonds is 4. The van der Waals surface area contributed by atoms with Crippen LogP contribution in [0.3, 0.4) is 0 Å². The van der Waals surface area contributed by atoms with Crippen molar-refractivity contribution in [3.05, 3.63) is 48.5 Å². The third-order valence-corrected chi connectivity index (χ3v) is 4.74. The molecule has 2 aromatic rings. The van der Waals surface area contributed by atoms with Crippen LogP contribution in [-0.2, 0) is 11.3 Å². The molecule has 2 saturated heterocycles. The van der Waals surface area contributed by atoms with Crippen molar-refractivity contribution in [3.8, 4) is 6.01 Å². The molecular weight excluding hydrogens is 304 g/mol. The van der Waals surface area contributed by atoms with Crippen molar-refractivity contribution in [1.82, 2.24) is 19.9 Å². The molecule has 0 unspecified atom stereocenters. The van der Waals surface area contributed by atoms with Crippen LogP contribution in [0, 0.1) is 0 Å². The van der Waals surface area contributed by atoms with Crippen LogP contribution >= 0.6 is 0 Å². The molecule has 2 atom stereocenters. The van der Waals surface area contributed by atoms with E-state index >= 15 is 0 Å². The first-order chi connectivity index (χ1) is 11.8.